The minimum atomic E-state index is -0.124. The molecule has 1 fully saturated rings. The average molecular weight is 314 g/mol. The van der Waals surface area contributed by atoms with Crippen LogP contribution in [0, 0.1) is 6.92 Å². The Labute approximate surface area is 137 Å². The van der Waals surface area contributed by atoms with E-state index in [-0.39, 0.29) is 5.91 Å². The van der Waals surface area contributed by atoms with E-state index in [2.05, 4.69) is 10.6 Å². The van der Waals surface area contributed by atoms with Gasteiger partial charge in [0, 0.05) is 30.1 Å². The second-order valence-electron chi connectivity index (χ2n) is 6.45. The highest BCUT2D eigenvalue weighted by atomic mass is 16.3. The molecule has 0 spiro atoms. The molecular weight excluding hydrogens is 288 g/mol. The highest BCUT2D eigenvalue weighted by molar-refractivity contribution is 5.98. The fourth-order valence-corrected chi connectivity index (χ4v) is 3.41. The normalized spacial score (nSPS) is 16.4. The second kappa shape index (κ2) is 7.64. The zero-order valence-electron chi connectivity index (χ0n) is 13.9. The van der Waals surface area contributed by atoms with Crippen molar-refractivity contribution in [1.29, 1.82) is 0 Å². The molecule has 0 atom stereocenters. The van der Waals surface area contributed by atoms with Gasteiger partial charge in [0.1, 0.15) is 5.58 Å². The number of amides is 1. The summed E-state index contributed by atoms with van der Waals surface area (Å²) in [6.07, 6.45) is 7.89. The molecule has 0 saturated heterocycles. The largest absolute Gasteiger partial charge is 0.451 e. The third-order valence-electron chi connectivity index (χ3n) is 4.75. The molecule has 1 saturated carbocycles. The van der Waals surface area contributed by atoms with E-state index < -0.39 is 0 Å². The summed E-state index contributed by atoms with van der Waals surface area (Å²) in [7, 11) is 0. The molecule has 0 aliphatic heterocycles. The van der Waals surface area contributed by atoms with E-state index in [1.54, 1.807) is 0 Å². The van der Waals surface area contributed by atoms with Gasteiger partial charge in [-0.2, -0.15) is 0 Å². The highest BCUT2D eigenvalue weighted by Gasteiger charge is 2.17. The Bertz CT molecular complexity index is 654. The minimum Gasteiger partial charge on any atom is -0.451 e. The third kappa shape index (κ3) is 3.94. The third-order valence-corrected chi connectivity index (χ3v) is 4.75. The Balaban J connectivity index is 1.49. The lowest BCUT2D eigenvalue weighted by Crippen LogP contribution is -2.36. The summed E-state index contributed by atoms with van der Waals surface area (Å²) in [6, 6.07) is 8.38. The number of hydrogen-bond acceptors (Lipinski definition) is 3. The SMILES string of the molecule is Cc1c(C(=O)NCCNC2CCCCCC2)oc2ccccc12. The Kier molecular flexibility index (Phi) is 5.34. The molecule has 4 heteroatoms. The van der Waals surface area contributed by atoms with E-state index >= 15 is 0 Å². The molecule has 0 radical (unpaired) electrons. The van der Waals surface area contributed by atoms with Crippen LogP contribution in [0.4, 0.5) is 0 Å². The standard InChI is InChI=1S/C19H26N2O2/c1-14-16-10-6-7-11-17(16)23-18(14)19(22)21-13-12-20-15-8-4-2-3-5-9-15/h6-7,10-11,15,20H,2-5,8-9,12-13H2,1H3,(H,21,22). The molecule has 2 N–H and O–H groups in total. The molecule has 1 aromatic carbocycles. The Morgan fingerprint density at radius 2 is 1.87 bits per heavy atom. The first-order valence-electron chi connectivity index (χ1n) is 8.75. The van der Waals surface area contributed by atoms with Crippen LogP contribution < -0.4 is 10.6 Å². The molecular formula is C19H26N2O2. The number of para-hydroxylation sites is 1. The van der Waals surface area contributed by atoms with Gasteiger partial charge in [0.05, 0.1) is 0 Å². The molecule has 124 valence electrons. The molecule has 1 amide bonds. The van der Waals surface area contributed by atoms with Crippen LogP contribution in [-0.2, 0) is 0 Å². The number of furan rings is 1. The molecule has 23 heavy (non-hydrogen) atoms. The van der Waals surface area contributed by atoms with Gasteiger partial charge in [-0.25, -0.2) is 0 Å². The van der Waals surface area contributed by atoms with E-state index in [4.69, 9.17) is 4.42 Å². The lowest BCUT2D eigenvalue weighted by molar-refractivity contribution is 0.0927. The number of nitrogens with one attached hydrogen (secondary N) is 2. The number of aryl methyl sites for hydroxylation is 1. The second-order valence-corrected chi connectivity index (χ2v) is 6.45. The summed E-state index contributed by atoms with van der Waals surface area (Å²) < 4.78 is 5.69. The summed E-state index contributed by atoms with van der Waals surface area (Å²) in [5.41, 5.74) is 1.68. The molecule has 1 heterocycles. The van der Waals surface area contributed by atoms with Gasteiger partial charge in [-0.3, -0.25) is 4.79 Å². The first-order chi connectivity index (χ1) is 11.3. The van der Waals surface area contributed by atoms with Gasteiger partial charge >= 0.3 is 0 Å². The Morgan fingerprint density at radius 3 is 2.61 bits per heavy atom. The monoisotopic (exact) mass is 314 g/mol. The number of fused-ring (bicyclic) bond motifs is 1. The Hall–Kier alpha value is -1.81. The number of rotatable bonds is 5. The van der Waals surface area contributed by atoms with Crippen molar-refractivity contribution >= 4 is 16.9 Å². The lowest BCUT2D eigenvalue weighted by atomic mass is 10.1. The van der Waals surface area contributed by atoms with Crippen molar-refractivity contribution in [2.75, 3.05) is 13.1 Å². The van der Waals surface area contributed by atoms with Gasteiger partial charge in [0.15, 0.2) is 5.76 Å². The number of benzene rings is 1. The van der Waals surface area contributed by atoms with Crippen molar-refractivity contribution in [3.05, 3.63) is 35.6 Å². The van der Waals surface area contributed by atoms with E-state index in [1.165, 1.54) is 38.5 Å². The first-order valence-corrected chi connectivity index (χ1v) is 8.75. The molecule has 0 bridgehead atoms. The molecule has 4 nitrogen and oxygen atoms in total. The van der Waals surface area contributed by atoms with E-state index in [9.17, 15) is 4.79 Å². The molecule has 2 aromatic rings. The summed E-state index contributed by atoms with van der Waals surface area (Å²) in [6.45, 7) is 3.38. The number of carbonyl (C=O) groups excluding carboxylic acids is 1. The predicted molar refractivity (Wildman–Crippen MR) is 92.8 cm³/mol. The van der Waals surface area contributed by atoms with Gasteiger partial charge in [-0.05, 0) is 25.8 Å². The summed E-state index contributed by atoms with van der Waals surface area (Å²) in [5, 5.41) is 7.53. The molecule has 1 aliphatic carbocycles. The van der Waals surface area contributed by atoms with Gasteiger partial charge in [0.25, 0.3) is 5.91 Å². The molecule has 0 unspecified atom stereocenters. The zero-order chi connectivity index (χ0) is 16.1. The van der Waals surface area contributed by atoms with Crippen molar-refractivity contribution in [1.82, 2.24) is 10.6 Å². The number of carbonyl (C=O) groups is 1. The van der Waals surface area contributed by atoms with Gasteiger partial charge < -0.3 is 15.1 Å². The van der Waals surface area contributed by atoms with Crippen molar-refractivity contribution in [3.8, 4) is 0 Å². The Morgan fingerprint density at radius 1 is 1.13 bits per heavy atom. The number of hydrogen-bond donors (Lipinski definition) is 2. The summed E-state index contributed by atoms with van der Waals surface area (Å²) >= 11 is 0. The maximum absolute atomic E-state index is 12.3. The topological polar surface area (TPSA) is 54.3 Å². The van der Waals surface area contributed by atoms with Crippen LogP contribution in [-0.4, -0.2) is 25.0 Å². The maximum Gasteiger partial charge on any atom is 0.287 e. The van der Waals surface area contributed by atoms with Gasteiger partial charge in [0.2, 0.25) is 0 Å². The van der Waals surface area contributed by atoms with Crippen molar-refractivity contribution in [3.63, 3.8) is 0 Å². The van der Waals surface area contributed by atoms with Crippen LogP contribution in [0.15, 0.2) is 28.7 Å². The van der Waals surface area contributed by atoms with Crippen molar-refractivity contribution in [2.24, 2.45) is 0 Å². The minimum absolute atomic E-state index is 0.124. The van der Waals surface area contributed by atoms with Crippen molar-refractivity contribution in [2.45, 2.75) is 51.5 Å². The van der Waals surface area contributed by atoms with Crippen LogP contribution in [0.5, 0.6) is 0 Å². The van der Waals surface area contributed by atoms with Crippen LogP contribution in [0.1, 0.15) is 54.6 Å². The van der Waals surface area contributed by atoms with Crippen molar-refractivity contribution < 1.29 is 9.21 Å². The molecule has 1 aromatic heterocycles. The van der Waals surface area contributed by atoms with Crippen LogP contribution in [0.3, 0.4) is 0 Å². The lowest BCUT2D eigenvalue weighted by Gasteiger charge is -2.16. The smallest absolute Gasteiger partial charge is 0.287 e. The van der Waals surface area contributed by atoms with Crippen LogP contribution in [0.25, 0.3) is 11.0 Å². The summed E-state index contributed by atoms with van der Waals surface area (Å²) in [4.78, 5) is 12.3. The average Bonchev–Trinajstić information content (AvgIpc) is 2.75. The van der Waals surface area contributed by atoms with Gasteiger partial charge in [-0.1, -0.05) is 43.9 Å². The van der Waals surface area contributed by atoms with Gasteiger partial charge in [-0.15, -0.1) is 0 Å². The first kappa shape index (κ1) is 16.1. The van der Waals surface area contributed by atoms with E-state index in [1.807, 2.05) is 31.2 Å². The molecule has 3 rings (SSSR count). The fourth-order valence-electron chi connectivity index (χ4n) is 3.41. The van der Waals surface area contributed by atoms with E-state index in [0.29, 0.717) is 18.3 Å². The maximum atomic E-state index is 12.3. The summed E-state index contributed by atoms with van der Waals surface area (Å²) in [5.74, 6) is 0.307. The van der Waals surface area contributed by atoms with Crippen LogP contribution >= 0.6 is 0 Å². The quantitative estimate of drug-likeness (QED) is 0.652. The molecule has 1 aliphatic rings. The van der Waals surface area contributed by atoms with Crippen LogP contribution in [0.2, 0.25) is 0 Å². The highest BCUT2D eigenvalue weighted by Crippen LogP contribution is 2.24. The fraction of sp³-hybridized carbons (Fsp3) is 0.526. The predicted octanol–water partition coefficient (Wildman–Crippen LogP) is 3.78. The van der Waals surface area contributed by atoms with E-state index in [0.717, 1.165) is 23.1 Å². The zero-order valence-corrected chi connectivity index (χ0v) is 13.9.